The number of nitrogens with zero attached hydrogens (tertiary/aromatic N) is 3. The van der Waals surface area contributed by atoms with E-state index in [-0.39, 0.29) is 12.1 Å². The van der Waals surface area contributed by atoms with Gasteiger partial charge in [0.2, 0.25) is 0 Å². The monoisotopic (exact) mass is 389 g/mol. The van der Waals surface area contributed by atoms with Crippen molar-refractivity contribution in [2.24, 2.45) is 0 Å². The van der Waals surface area contributed by atoms with Crippen LogP contribution in [-0.4, -0.2) is 27.2 Å². The molecule has 1 aromatic carbocycles. The van der Waals surface area contributed by atoms with Gasteiger partial charge in [0.25, 0.3) is 0 Å². The molecule has 0 aliphatic heterocycles. The first-order valence-electron chi connectivity index (χ1n) is 8.40. The van der Waals surface area contributed by atoms with E-state index >= 15 is 0 Å². The highest BCUT2D eigenvalue weighted by atomic mass is 35.5. The largest absolute Gasteiger partial charge is 0.338 e. The number of aryl methyl sites for hydroxylation is 1. The van der Waals surface area contributed by atoms with Crippen molar-refractivity contribution in [3.05, 3.63) is 63.5 Å². The van der Waals surface area contributed by atoms with Gasteiger partial charge in [-0.1, -0.05) is 29.3 Å². The van der Waals surface area contributed by atoms with Crippen LogP contribution < -0.4 is 10.6 Å². The third-order valence-corrected chi connectivity index (χ3v) is 5.06. The Morgan fingerprint density at radius 1 is 1.31 bits per heavy atom. The molecule has 6 nitrogen and oxygen atoms in total. The average Bonchev–Trinajstić information content (AvgIpc) is 3.18. The number of benzene rings is 1. The van der Waals surface area contributed by atoms with Gasteiger partial charge >= 0.3 is 6.03 Å². The summed E-state index contributed by atoms with van der Waals surface area (Å²) in [5, 5.41) is 11.3. The van der Waals surface area contributed by atoms with Crippen molar-refractivity contribution in [3.63, 3.8) is 0 Å². The lowest BCUT2D eigenvalue weighted by atomic mass is 10.1. The predicted molar refractivity (Wildman–Crippen MR) is 101 cm³/mol. The fourth-order valence-electron chi connectivity index (χ4n) is 3.28. The molecule has 134 valence electrons. The molecule has 2 N–H and O–H groups in total. The number of nitrogens with one attached hydrogen (secondary N) is 2. The Balaban J connectivity index is 1.30. The highest BCUT2D eigenvalue weighted by Crippen LogP contribution is 2.32. The third-order valence-electron chi connectivity index (χ3n) is 4.55. The standard InChI is InChI=1S/C18H17Cl2N5O/c19-13-2-3-14-12(7-13)1-4-16(14)24-18(26)21-6-5-11-8-22-17-15(20)9-23-25(17)10-11/h2-3,7-10,16H,1,4-6H2,(H2,21,24,26)/t16-/m1/s1. The van der Waals surface area contributed by atoms with Gasteiger partial charge in [0, 0.05) is 24.0 Å². The van der Waals surface area contributed by atoms with Crippen LogP contribution in [0, 0.1) is 0 Å². The highest BCUT2D eigenvalue weighted by Gasteiger charge is 2.23. The summed E-state index contributed by atoms with van der Waals surface area (Å²) in [7, 11) is 0. The first kappa shape index (κ1) is 17.1. The van der Waals surface area contributed by atoms with Gasteiger partial charge in [0.05, 0.1) is 12.2 Å². The molecule has 0 unspecified atom stereocenters. The van der Waals surface area contributed by atoms with Crippen molar-refractivity contribution in [2.45, 2.75) is 25.3 Å². The van der Waals surface area contributed by atoms with Crippen LogP contribution in [-0.2, 0) is 12.8 Å². The van der Waals surface area contributed by atoms with E-state index in [0.717, 1.165) is 29.0 Å². The second-order valence-corrected chi connectivity index (χ2v) is 7.15. The van der Waals surface area contributed by atoms with Crippen LogP contribution in [0.1, 0.15) is 29.2 Å². The van der Waals surface area contributed by atoms with E-state index in [9.17, 15) is 4.79 Å². The highest BCUT2D eigenvalue weighted by molar-refractivity contribution is 6.33. The lowest BCUT2D eigenvalue weighted by Gasteiger charge is -2.15. The molecular formula is C18H17Cl2N5O. The van der Waals surface area contributed by atoms with Crippen LogP contribution in [0.2, 0.25) is 10.0 Å². The minimum Gasteiger partial charge on any atom is -0.338 e. The van der Waals surface area contributed by atoms with E-state index in [2.05, 4.69) is 20.7 Å². The number of rotatable bonds is 4. The molecule has 0 saturated carbocycles. The Kier molecular flexibility index (Phi) is 4.70. The Labute approximate surface area is 160 Å². The van der Waals surface area contributed by atoms with Gasteiger partial charge in [0.15, 0.2) is 5.65 Å². The summed E-state index contributed by atoms with van der Waals surface area (Å²) in [5.74, 6) is 0. The van der Waals surface area contributed by atoms with Crippen molar-refractivity contribution in [3.8, 4) is 0 Å². The molecule has 2 amide bonds. The number of halogens is 2. The topological polar surface area (TPSA) is 71.3 Å². The van der Waals surface area contributed by atoms with E-state index < -0.39 is 0 Å². The van der Waals surface area contributed by atoms with Crippen LogP contribution in [0.5, 0.6) is 0 Å². The van der Waals surface area contributed by atoms with Crippen molar-refractivity contribution < 1.29 is 4.79 Å². The molecule has 3 aromatic rings. The maximum atomic E-state index is 12.2. The Bertz CT molecular complexity index is 971. The fraction of sp³-hybridized carbons (Fsp3) is 0.278. The SMILES string of the molecule is O=C(NCCc1cnc2c(Cl)cnn2c1)N[C@@H]1CCc2cc(Cl)ccc21. The van der Waals surface area contributed by atoms with E-state index in [1.54, 1.807) is 16.9 Å². The maximum Gasteiger partial charge on any atom is 0.315 e. The van der Waals surface area contributed by atoms with E-state index in [1.807, 2.05) is 24.4 Å². The summed E-state index contributed by atoms with van der Waals surface area (Å²) >= 11 is 12.0. The average molecular weight is 390 g/mol. The number of hydrogen-bond donors (Lipinski definition) is 2. The molecular weight excluding hydrogens is 373 g/mol. The molecule has 0 fully saturated rings. The van der Waals surface area contributed by atoms with Crippen LogP contribution >= 0.6 is 23.2 Å². The van der Waals surface area contributed by atoms with Crippen LogP contribution in [0.3, 0.4) is 0 Å². The number of amides is 2. The van der Waals surface area contributed by atoms with Crippen LogP contribution in [0.15, 0.2) is 36.8 Å². The first-order valence-corrected chi connectivity index (χ1v) is 9.16. The van der Waals surface area contributed by atoms with Gasteiger partial charge in [-0.25, -0.2) is 14.3 Å². The van der Waals surface area contributed by atoms with Gasteiger partial charge in [-0.05, 0) is 48.1 Å². The summed E-state index contributed by atoms with van der Waals surface area (Å²) in [5.41, 5.74) is 3.95. The number of carbonyl (C=O) groups excluding carboxylic acids is 1. The molecule has 1 aliphatic rings. The lowest BCUT2D eigenvalue weighted by Crippen LogP contribution is -2.38. The first-order chi connectivity index (χ1) is 12.6. The molecule has 8 heteroatoms. The number of aromatic nitrogens is 3. The zero-order valence-electron chi connectivity index (χ0n) is 13.9. The molecule has 0 bridgehead atoms. The van der Waals surface area contributed by atoms with Crippen LogP contribution in [0.4, 0.5) is 4.79 Å². The van der Waals surface area contributed by atoms with Gasteiger partial charge in [0.1, 0.15) is 5.02 Å². The zero-order valence-corrected chi connectivity index (χ0v) is 15.4. The van der Waals surface area contributed by atoms with Gasteiger partial charge in [-0.15, -0.1) is 0 Å². The quantitative estimate of drug-likeness (QED) is 0.716. The van der Waals surface area contributed by atoms with Gasteiger partial charge in [-0.3, -0.25) is 0 Å². The van der Waals surface area contributed by atoms with Crippen LogP contribution in [0.25, 0.3) is 5.65 Å². The molecule has 0 radical (unpaired) electrons. The Morgan fingerprint density at radius 3 is 3.08 bits per heavy atom. The predicted octanol–water partition coefficient (Wildman–Crippen LogP) is 3.57. The molecule has 0 spiro atoms. The van der Waals surface area contributed by atoms with E-state index in [0.29, 0.717) is 23.6 Å². The van der Waals surface area contributed by atoms with Crippen molar-refractivity contribution >= 4 is 34.9 Å². The number of fused-ring (bicyclic) bond motifs is 2. The molecule has 2 aromatic heterocycles. The third kappa shape index (κ3) is 3.48. The number of carbonyl (C=O) groups is 1. The molecule has 0 saturated heterocycles. The summed E-state index contributed by atoms with van der Waals surface area (Å²) in [4.78, 5) is 16.5. The lowest BCUT2D eigenvalue weighted by molar-refractivity contribution is 0.237. The van der Waals surface area contributed by atoms with Crippen molar-refractivity contribution in [1.82, 2.24) is 25.2 Å². The summed E-state index contributed by atoms with van der Waals surface area (Å²) in [6.45, 7) is 0.508. The molecule has 2 heterocycles. The molecule has 4 rings (SSSR count). The fourth-order valence-corrected chi connectivity index (χ4v) is 3.65. The minimum absolute atomic E-state index is 0.0338. The second-order valence-electron chi connectivity index (χ2n) is 6.31. The van der Waals surface area contributed by atoms with Gasteiger partial charge < -0.3 is 10.6 Å². The van der Waals surface area contributed by atoms with E-state index in [1.165, 1.54) is 5.56 Å². The Hall–Kier alpha value is -2.31. The summed E-state index contributed by atoms with van der Waals surface area (Å²) in [6, 6.07) is 5.69. The molecule has 26 heavy (non-hydrogen) atoms. The smallest absolute Gasteiger partial charge is 0.315 e. The van der Waals surface area contributed by atoms with Gasteiger partial charge in [-0.2, -0.15) is 5.10 Å². The summed E-state index contributed by atoms with van der Waals surface area (Å²) < 4.78 is 1.64. The maximum absolute atomic E-state index is 12.2. The Morgan fingerprint density at radius 2 is 2.19 bits per heavy atom. The van der Waals surface area contributed by atoms with Crippen molar-refractivity contribution in [1.29, 1.82) is 0 Å². The molecule has 1 atom stereocenters. The normalized spacial score (nSPS) is 15.8. The summed E-state index contributed by atoms with van der Waals surface area (Å²) in [6.07, 6.45) is 7.66. The van der Waals surface area contributed by atoms with E-state index in [4.69, 9.17) is 23.2 Å². The number of hydrogen-bond acceptors (Lipinski definition) is 3. The zero-order chi connectivity index (χ0) is 18.1. The van der Waals surface area contributed by atoms with Crippen molar-refractivity contribution in [2.75, 3.05) is 6.54 Å². The second kappa shape index (κ2) is 7.13. The minimum atomic E-state index is -0.172. The molecule has 1 aliphatic carbocycles. The number of urea groups is 1.